The molecule has 0 spiro atoms. The molecule has 2 rings (SSSR count). The van der Waals surface area contributed by atoms with Crippen LogP contribution in [0.25, 0.3) is 0 Å². The van der Waals surface area contributed by atoms with Crippen LogP contribution in [0.1, 0.15) is 17.3 Å². The Hall–Kier alpha value is -1.48. The summed E-state index contributed by atoms with van der Waals surface area (Å²) in [6, 6.07) is 6.04. The SMILES string of the molecule is CCNS(=O)(=O)c1cccc(C(=O)NCCN2CCOCC2)c1. The predicted molar refractivity (Wildman–Crippen MR) is 86.9 cm³/mol. The van der Waals surface area contributed by atoms with Crippen molar-refractivity contribution in [3.63, 3.8) is 0 Å². The van der Waals surface area contributed by atoms with Crippen molar-refractivity contribution in [1.82, 2.24) is 14.9 Å². The van der Waals surface area contributed by atoms with E-state index < -0.39 is 10.0 Å². The van der Waals surface area contributed by atoms with Gasteiger partial charge in [-0.25, -0.2) is 13.1 Å². The van der Waals surface area contributed by atoms with Crippen molar-refractivity contribution in [3.8, 4) is 0 Å². The van der Waals surface area contributed by atoms with Gasteiger partial charge in [0.25, 0.3) is 5.91 Å². The van der Waals surface area contributed by atoms with Crippen molar-refractivity contribution < 1.29 is 17.9 Å². The summed E-state index contributed by atoms with van der Waals surface area (Å²) in [5.41, 5.74) is 0.339. The highest BCUT2D eigenvalue weighted by atomic mass is 32.2. The number of hydrogen-bond acceptors (Lipinski definition) is 5. The first-order valence-corrected chi connectivity index (χ1v) is 9.19. The predicted octanol–water partition coefficient (Wildman–Crippen LogP) is 0.0468. The number of nitrogens with one attached hydrogen (secondary N) is 2. The standard InChI is InChI=1S/C15H23N3O4S/c1-2-17-23(20,21)14-5-3-4-13(12-14)15(19)16-6-7-18-8-10-22-11-9-18/h3-5,12,17H,2,6-11H2,1H3,(H,16,19). The maximum atomic E-state index is 12.2. The van der Waals surface area contributed by atoms with Crippen LogP contribution in [-0.4, -0.2) is 65.2 Å². The van der Waals surface area contributed by atoms with Gasteiger partial charge in [0.05, 0.1) is 18.1 Å². The molecular weight excluding hydrogens is 318 g/mol. The number of benzene rings is 1. The number of morpholine rings is 1. The molecule has 0 aliphatic carbocycles. The topological polar surface area (TPSA) is 87.7 Å². The Morgan fingerprint density at radius 2 is 2.04 bits per heavy atom. The van der Waals surface area contributed by atoms with E-state index in [9.17, 15) is 13.2 Å². The molecule has 1 amide bonds. The second-order valence-electron chi connectivity index (χ2n) is 5.24. The zero-order valence-corrected chi connectivity index (χ0v) is 14.1. The van der Waals surface area contributed by atoms with E-state index in [1.165, 1.54) is 12.1 Å². The Morgan fingerprint density at radius 1 is 1.30 bits per heavy atom. The molecule has 0 unspecified atom stereocenters. The monoisotopic (exact) mass is 341 g/mol. The molecule has 8 heteroatoms. The molecule has 1 saturated heterocycles. The molecule has 1 heterocycles. The molecule has 1 aromatic rings. The number of carbonyl (C=O) groups is 1. The third-order valence-electron chi connectivity index (χ3n) is 3.56. The lowest BCUT2D eigenvalue weighted by Crippen LogP contribution is -2.41. The molecule has 0 radical (unpaired) electrons. The van der Waals surface area contributed by atoms with Crippen molar-refractivity contribution in [3.05, 3.63) is 29.8 Å². The molecule has 0 atom stereocenters. The highest BCUT2D eigenvalue weighted by Gasteiger charge is 2.15. The van der Waals surface area contributed by atoms with E-state index in [1.807, 2.05) is 0 Å². The highest BCUT2D eigenvalue weighted by Crippen LogP contribution is 2.11. The Labute approximate surface area is 137 Å². The fourth-order valence-corrected chi connectivity index (χ4v) is 3.42. The number of rotatable bonds is 7. The first-order valence-electron chi connectivity index (χ1n) is 7.71. The molecular formula is C15H23N3O4S. The largest absolute Gasteiger partial charge is 0.379 e. The van der Waals surface area contributed by atoms with E-state index >= 15 is 0 Å². The van der Waals surface area contributed by atoms with Gasteiger partial charge in [-0.05, 0) is 18.2 Å². The number of nitrogens with zero attached hydrogens (tertiary/aromatic N) is 1. The second kappa shape index (κ2) is 8.39. The summed E-state index contributed by atoms with van der Waals surface area (Å²) in [5.74, 6) is -0.271. The van der Waals surface area contributed by atoms with Crippen LogP contribution in [0.5, 0.6) is 0 Å². The Bertz CT molecular complexity index is 627. The summed E-state index contributed by atoms with van der Waals surface area (Å²) < 4.78 is 31.6. The highest BCUT2D eigenvalue weighted by molar-refractivity contribution is 7.89. The smallest absolute Gasteiger partial charge is 0.251 e. The van der Waals surface area contributed by atoms with Crippen LogP contribution < -0.4 is 10.0 Å². The van der Waals surface area contributed by atoms with E-state index in [4.69, 9.17) is 4.74 Å². The zero-order valence-electron chi connectivity index (χ0n) is 13.2. The summed E-state index contributed by atoms with van der Waals surface area (Å²) >= 11 is 0. The van der Waals surface area contributed by atoms with Gasteiger partial charge < -0.3 is 10.1 Å². The van der Waals surface area contributed by atoms with Crippen LogP contribution >= 0.6 is 0 Å². The van der Waals surface area contributed by atoms with Crippen LogP contribution in [0, 0.1) is 0 Å². The Morgan fingerprint density at radius 3 is 2.74 bits per heavy atom. The van der Waals surface area contributed by atoms with E-state index in [1.54, 1.807) is 19.1 Å². The van der Waals surface area contributed by atoms with Crippen LogP contribution in [-0.2, 0) is 14.8 Å². The molecule has 128 valence electrons. The van der Waals surface area contributed by atoms with E-state index in [0.29, 0.717) is 18.7 Å². The van der Waals surface area contributed by atoms with E-state index in [2.05, 4.69) is 14.9 Å². The zero-order chi connectivity index (χ0) is 16.7. The first-order chi connectivity index (χ1) is 11.0. The van der Waals surface area contributed by atoms with Gasteiger partial charge in [0, 0.05) is 38.3 Å². The summed E-state index contributed by atoms with van der Waals surface area (Å²) in [4.78, 5) is 14.5. The molecule has 2 N–H and O–H groups in total. The second-order valence-corrected chi connectivity index (χ2v) is 7.01. The number of ether oxygens (including phenoxy) is 1. The molecule has 1 fully saturated rings. The summed E-state index contributed by atoms with van der Waals surface area (Å²) in [5, 5.41) is 2.82. The van der Waals surface area contributed by atoms with Crippen molar-refractivity contribution in [2.45, 2.75) is 11.8 Å². The maximum Gasteiger partial charge on any atom is 0.251 e. The van der Waals surface area contributed by atoms with Gasteiger partial charge in [-0.2, -0.15) is 0 Å². The minimum absolute atomic E-state index is 0.0974. The van der Waals surface area contributed by atoms with Crippen LogP contribution in [0.15, 0.2) is 29.2 Å². The molecule has 7 nitrogen and oxygen atoms in total. The van der Waals surface area contributed by atoms with Gasteiger partial charge in [0.1, 0.15) is 0 Å². The van der Waals surface area contributed by atoms with E-state index in [-0.39, 0.29) is 10.8 Å². The van der Waals surface area contributed by atoms with E-state index in [0.717, 1.165) is 32.8 Å². The molecule has 0 bridgehead atoms. The average Bonchev–Trinajstić information content (AvgIpc) is 2.56. The van der Waals surface area contributed by atoms with Crippen molar-refractivity contribution in [1.29, 1.82) is 0 Å². The average molecular weight is 341 g/mol. The number of amides is 1. The molecule has 23 heavy (non-hydrogen) atoms. The van der Waals surface area contributed by atoms with Gasteiger partial charge in [-0.1, -0.05) is 13.0 Å². The van der Waals surface area contributed by atoms with Crippen LogP contribution in [0.3, 0.4) is 0 Å². The molecule has 0 aromatic heterocycles. The lowest BCUT2D eigenvalue weighted by molar-refractivity contribution is 0.0383. The summed E-state index contributed by atoms with van der Waals surface area (Å²) in [6.07, 6.45) is 0. The van der Waals surface area contributed by atoms with Gasteiger partial charge in [0.15, 0.2) is 0 Å². The van der Waals surface area contributed by atoms with Crippen molar-refractivity contribution in [2.75, 3.05) is 45.9 Å². The van der Waals surface area contributed by atoms with Crippen LogP contribution in [0.4, 0.5) is 0 Å². The molecule has 1 aliphatic heterocycles. The van der Waals surface area contributed by atoms with Crippen LogP contribution in [0.2, 0.25) is 0 Å². The molecule has 1 aliphatic rings. The van der Waals surface area contributed by atoms with Crippen molar-refractivity contribution in [2.24, 2.45) is 0 Å². The normalized spacial score (nSPS) is 16.2. The van der Waals surface area contributed by atoms with Gasteiger partial charge >= 0.3 is 0 Å². The minimum atomic E-state index is -3.56. The Kier molecular flexibility index (Phi) is 6.52. The fourth-order valence-electron chi connectivity index (χ4n) is 2.33. The fraction of sp³-hybridized carbons (Fsp3) is 0.533. The summed E-state index contributed by atoms with van der Waals surface area (Å²) in [7, 11) is -3.56. The minimum Gasteiger partial charge on any atom is -0.379 e. The lowest BCUT2D eigenvalue weighted by atomic mass is 10.2. The number of sulfonamides is 1. The number of carbonyl (C=O) groups excluding carboxylic acids is 1. The molecule has 0 saturated carbocycles. The van der Waals surface area contributed by atoms with Gasteiger partial charge in [-0.15, -0.1) is 0 Å². The maximum absolute atomic E-state index is 12.2. The lowest BCUT2D eigenvalue weighted by Gasteiger charge is -2.26. The third-order valence-corrected chi connectivity index (χ3v) is 5.10. The van der Waals surface area contributed by atoms with Gasteiger partial charge in [-0.3, -0.25) is 9.69 Å². The summed E-state index contributed by atoms with van der Waals surface area (Å²) in [6.45, 7) is 6.46. The number of hydrogen-bond donors (Lipinski definition) is 2. The Balaban J connectivity index is 1.91. The first kappa shape index (κ1) is 17.9. The quantitative estimate of drug-likeness (QED) is 0.731. The molecule has 1 aromatic carbocycles. The van der Waals surface area contributed by atoms with Gasteiger partial charge in [0.2, 0.25) is 10.0 Å². The third kappa shape index (κ3) is 5.28. The van der Waals surface area contributed by atoms with Crippen molar-refractivity contribution >= 4 is 15.9 Å².